The molecule has 3 aromatic rings. The average Bonchev–Trinajstić information content (AvgIpc) is 3.33. The highest BCUT2D eigenvalue weighted by Gasteiger charge is 2.25. The molecular formula is C21H24N4O2. The fourth-order valence-corrected chi connectivity index (χ4v) is 3.71. The molecule has 1 aliphatic heterocycles. The molecule has 0 spiro atoms. The van der Waals surface area contributed by atoms with Gasteiger partial charge in [0, 0.05) is 32.4 Å². The number of hydrogen-bond donors (Lipinski definition) is 1. The van der Waals surface area contributed by atoms with E-state index in [4.69, 9.17) is 4.42 Å². The summed E-state index contributed by atoms with van der Waals surface area (Å²) in [6.45, 7) is 5.44. The van der Waals surface area contributed by atoms with E-state index < -0.39 is 0 Å². The third kappa shape index (κ3) is 4.11. The number of carbonyl (C=O) groups is 1. The van der Waals surface area contributed by atoms with E-state index in [-0.39, 0.29) is 11.9 Å². The molecule has 0 bridgehead atoms. The third-order valence-electron chi connectivity index (χ3n) is 4.95. The number of carbonyl (C=O) groups excluding carboxylic acids is 1. The first kappa shape index (κ1) is 17.5. The topological polar surface area (TPSA) is 63.3 Å². The van der Waals surface area contributed by atoms with Gasteiger partial charge < -0.3 is 9.73 Å². The molecule has 2 aromatic heterocycles. The highest BCUT2D eigenvalue weighted by molar-refractivity contribution is 5.91. The molecule has 6 nitrogen and oxygen atoms in total. The minimum absolute atomic E-state index is 0.173. The van der Waals surface area contributed by atoms with Crippen molar-refractivity contribution in [1.82, 2.24) is 20.0 Å². The first-order valence-electron chi connectivity index (χ1n) is 9.31. The largest absolute Gasteiger partial charge is 0.459 e. The number of rotatable bonds is 6. The van der Waals surface area contributed by atoms with Gasteiger partial charge in [0.2, 0.25) is 0 Å². The molecule has 1 atom stereocenters. The van der Waals surface area contributed by atoms with Gasteiger partial charge in [-0.2, -0.15) is 5.10 Å². The van der Waals surface area contributed by atoms with Gasteiger partial charge in [-0.25, -0.2) is 0 Å². The summed E-state index contributed by atoms with van der Waals surface area (Å²) in [6, 6.07) is 14.4. The van der Waals surface area contributed by atoms with Crippen LogP contribution in [0.3, 0.4) is 0 Å². The normalized spacial score (nSPS) is 16.9. The molecule has 0 saturated carbocycles. The van der Waals surface area contributed by atoms with Gasteiger partial charge in [-0.15, -0.1) is 0 Å². The van der Waals surface area contributed by atoms with Crippen LogP contribution in [-0.4, -0.2) is 33.7 Å². The monoisotopic (exact) mass is 364 g/mol. The fourth-order valence-electron chi connectivity index (χ4n) is 3.71. The molecule has 3 heterocycles. The second-order valence-electron chi connectivity index (χ2n) is 7.10. The van der Waals surface area contributed by atoms with E-state index in [1.54, 1.807) is 12.1 Å². The number of benzene rings is 1. The van der Waals surface area contributed by atoms with Crippen LogP contribution in [0.2, 0.25) is 0 Å². The zero-order chi connectivity index (χ0) is 18.6. The summed E-state index contributed by atoms with van der Waals surface area (Å²) in [4.78, 5) is 14.5. The number of nitrogens with zero attached hydrogens (tertiary/aromatic N) is 3. The van der Waals surface area contributed by atoms with Crippen LogP contribution in [0.5, 0.6) is 0 Å². The Morgan fingerprint density at radius 3 is 3.04 bits per heavy atom. The number of amides is 1. The van der Waals surface area contributed by atoms with Crippen molar-refractivity contribution in [3.05, 3.63) is 77.5 Å². The van der Waals surface area contributed by atoms with Gasteiger partial charge in [-0.05, 0) is 37.1 Å². The SMILES string of the molecule is Cc1cccc(CN2Cc3ccnn3C(CCNC(=O)c3ccco3)C2)c1. The maximum Gasteiger partial charge on any atom is 0.286 e. The molecule has 0 fully saturated rings. The minimum atomic E-state index is -0.173. The highest BCUT2D eigenvalue weighted by Crippen LogP contribution is 2.24. The van der Waals surface area contributed by atoms with Crippen molar-refractivity contribution in [2.45, 2.75) is 32.5 Å². The van der Waals surface area contributed by atoms with E-state index in [2.05, 4.69) is 57.3 Å². The van der Waals surface area contributed by atoms with Gasteiger partial charge in [0.15, 0.2) is 5.76 Å². The Morgan fingerprint density at radius 2 is 2.22 bits per heavy atom. The predicted molar refractivity (Wildman–Crippen MR) is 102 cm³/mol. The van der Waals surface area contributed by atoms with Gasteiger partial charge >= 0.3 is 0 Å². The first-order valence-corrected chi connectivity index (χ1v) is 9.31. The molecule has 4 rings (SSSR count). The Balaban J connectivity index is 1.39. The lowest BCUT2D eigenvalue weighted by Crippen LogP contribution is -2.38. The van der Waals surface area contributed by atoms with Gasteiger partial charge in [-0.1, -0.05) is 29.8 Å². The summed E-state index contributed by atoms with van der Waals surface area (Å²) in [5.41, 5.74) is 3.83. The summed E-state index contributed by atoms with van der Waals surface area (Å²) >= 11 is 0. The predicted octanol–water partition coefficient (Wildman–Crippen LogP) is 3.16. The lowest BCUT2D eigenvalue weighted by atomic mass is 10.1. The molecule has 0 aliphatic carbocycles. The van der Waals surface area contributed by atoms with E-state index in [0.717, 1.165) is 26.1 Å². The van der Waals surface area contributed by atoms with Crippen molar-refractivity contribution in [3.8, 4) is 0 Å². The number of fused-ring (bicyclic) bond motifs is 1. The Labute approximate surface area is 158 Å². The lowest BCUT2D eigenvalue weighted by molar-refractivity contribution is 0.0919. The molecular weight excluding hydrogens is 340 g/mol. The van der Waals surface area contributed by atoms with Crippen molar-refractivity contribution in [2.75, 3.05) is 13.1 Å². The summed E-state index contributed by atoms with van der Waals surface area (Å²) in [5, 5.41) is 7.44. The fraction of sp³-hybridized carbons (Fsp3) is 0.333. The number of hydrogen-bond acceptors (Lipinski definition) is 4. The second-order valence-corrected chi connectivity index (χ2v) is 7.10. The van der Waals surface area contributed by atoms with E-state index in [0.29, 0.717) is 12.3 Å². The first-order chi connectivity index (χ1) is 13.2. The Kier molecular flexibility index (Phi) is 5.07. The molecule has 6 heteroatoms. The maximum atomic E-state index is 12.0. The van der Waals surface area contributed by atoms with Crippen LogP contribution >= 0.6 is 0 Å². The summed E-state index contributed by atoms with van der Waals surface area (Å²) < 4.78 is 7.24. The quantitative estimate of drug-likeness (QED) is 0.730. The number of nitrogens with one attached hydrogen (secondary N) is 1. The van der Waals surface area contributed by atoms with Crippen molar-refractivity contribution in [3.63, 3.8) is 0 Å². The van der Waals surface area contributed by atoms with Crippen molar-refractivity contribution in [1.29, 1.82) is 0 Å². The highest BCUT2D eigenvalue weighted by atomic mass is 16.3. The molecule has 1 aliphatic rings. The molecule has 0 saturated heterocycles. The number of aryl methyl sites for hydroxylation is 1. The molecule has 1 N–H and O–H groups in total. The van der Waals surface area contributed by atoms with Crippen molar-refractivity contribution >= 4 is 5.91 Å². The van der Waals surface area contributed by atoms with Crippen LogP contribution in [0.1, 0.15) is 39.8 Å². The van der Waals surface area contributed by atoms with Gasteiger partial charge in [0.25, 0.3) is 5.91 Å². The van der Waals surface area contributed by atoms with E-state index >= 15 is 0 Å². The van der Waals surface area contributed by atoms with Crippen LogP contribution in [0.15, 0.2) is 59.3 Å². The second kappa shape index (κ2) is 7.80. The third-order valence-corrected chi connectivity index (χ3v) is 4.95. The van der Waals surface area contributed by atoms with Gasteiger partial charge in [0.05, 0.1) is 18.0 Å². The maximum absolute atomic E-state index is 12.0. The molecule has 1 amide bonds. The summed E-state index contributed by atoms with van der Waals surface area (Å²) in [6.07, 6.45) is 4.20. The van der Waals surface area contributed by atoms with Gasteiger partial charge in [0.1, 0.15) is 0 Å². The van der Waals surface area contributed by atoms with Crippen molar-refractivity contribution < 1.29 is 9.21 Å². The molecule has 1 unspecified atom stereocenters. The number of furan rings is 1. The van der Waals surface area contributed by atoms with Crippen LogP contribution in [-0.2, 0) is 13.1 Å². The minimum Gasteiger partial charge on any atom is -0.459 e. The zero-order valence-electron chi connectivity index (χ0n) is 15.5. The smallest absolute Gasteiger partial charge is 0.286 e. The van der Waals surface area contributed by atoms with Crippen LogP contribution < -0.4 is 5.32 Å². The lowest BCUT2D eigenvalue weighted by Gasteiger charge is -2.34. The molecule has 27 heavy (non-hydrogen) atoms. The summed E-state index contributed by atoms with van der Waals surface area (Å²) in [5.74, 6) is 0.174. The van der Waals surface area contributed by atoms with Crippen LogP contribution in [0.4, 0.5) is 0 Å². The van der Waals surface area contributed by atoms with E-state index in [9.17, 15) is 4.79 Å². The zero-order valence-corrected chi connectivity index (χ0v) is 15.5. The number of aromatic nitrogens is 2. The standard InChI is InChI=1S/C21H24N4O2/c1-16-4-2-5-17(12-16)13-24-14-18(25-19(15-24)8-10-23-25)7-9-22-21(26)20-6-3-11-27-20/h2-6,8,10-12,18H,7,9,13-15H2,1H3,(H,22,26). The van der Waals surface area contributed by atoms with Crippen LogP contribution in [0.25, 0.3) is 0 Å². The Bertz CT molecular complexity index is 901. The van der Waals surface area contributed by atoms with E-state index in [1.165, 1.54) is 23.1 Å². The van der Waals surface area contributed by atoms with Crippen molar-refractivity contribution in [2.24, 2.45) is 0 Å². The Hall–Kier alpha value is -2.86. The molecule has 0 radical (unpaired) electrons. The molecule has 1 aromatic carbocycles. The summed E-state index contributed by atoms with van der Waals surface area (Å²) in [7, 11) is 0. The average molecular weight is 364 g/mol. The molecule has 140 valence electrons. The Morgan fingerprint density at radius 1 is 1.30 bits per heavy atom. The van der Waals surface area contributed by atoms with Crippen LogP contribution in [0, 0.1) is 6.92 Å². The van der Waals surface area contributed by atoms with Gasteiger partial charge in [-0.3, -0.25) is 14.4 Å². The van der Waals surface area contributed by atoms with E-state index in [1.807, 2.05) is 6.20 Å².